The molecule has 0 bridgehead atoms. The van der Waals surface area contributed by atoms with Gasteiger partial charge in [-0.05, 0) is 64.0 Å². The van der Waals surface area contributed by atoms with Gasteiger partial charge in [-0.15, -0.1) is 11.3 Å². The van der Waals surface area contributed by atoms with Gasteiger partial charge in [0.15, 0.2) is 0 Å². The molecular formula is C34H51N5O6S. The van der Waals surface area contributed by atoms with E-state index < -0.39 is 41.2 Å². The molecule has 4 atom stereocenters. The van der Waals surface area contributed by atoms with Crippen LogP contribution in [0.1, 0.15) is 97.9 Å². The number of alkyl carbamates (subject to hydrolysis) is 1. The van der Waals surface area contributed by atoms with E-state index >= 15 is 0 Å². The molecule has 1 aromatic heterocycles. The molecule has 0 aliphatic carbocycles. The third kappa shape index (κ3) is 10.8. The third-order valence-electron chi connectivity index (χ3n) is 7.81. The van der Waals surface area contributed by atoms with Gasteiger partial charge in [-0.25, -0.2) is 9.78 Å². The molecule has 1 aliphatic rings. The first-order valence-electron chi connectivity index (χ1n) is 16.0. The van der Waals surface area contributed by atoms with Crippen molar-refractivity contribution in [2.75, 3.05) is 13.1 Å². The minimum atomic E-state index is -0.880. The van der Waals surface area contributed by atoms with E-state index in [1.165, 1.54) is 4.90 Å². The average molecular weight is 658 g/mol. The van der Waals surface area contributed by atoms with Crippen LogP contribution >= 0.6 is 11.3 Å². The lowest BCUT2D eigenvalue weighted by Crippen LogP contribution is -2.57. The molecule has 4 amide bonds. The van der Waals surface area contributed by atoms with Crippen LogP contribution < -0.4 is 16.0 Å². The van der Waals surface area contributed by atoms with Crippen LogP contribution in [0.2, 0.25) is 0 Å². The number of carbonyl (C=O) groups excluding carboxylic acids is 4. The molecule has 11 nitrogen and oxygen atoms in total. The van der Waals surface area contributed by atoms with E-state index in [1.54, 1.807) is 32.1 Å². The van der Waals surface area contributed by atoms with Crippen molar-refractivity contribution in [3.05, 3.63) is 41.0 Å². The van der Waals surface area contributed by atoms with E-state index in [0.29, 0.717) is 25.8 Å². The fourth-order valence-electron chi connectivity index (χ4n) is 5.34. The van der Waals surface area contributed by atoms with Gasteiger partial charge in [-0.3, -0.25) is 14.4 Å². The molecule has 4 N–H and O–H groups in total. The van der Waals surface area contributed by atoms with E-state index in [9.17, 15) is 24.3 Å². The molecule has 1 unspecified atom stereocenters. The molecule has 1 fully saturated rings. The Morgan fingerprint density at radius 3 is 2.30 bits per heavy atom. The van der Waals surface area contributed by atoms with Crippen LogP contribution in [0.5, 0.6) is 0 Å². The van der Waals surface area contributed by atoms with Crippen LogP contribution in [0.25, 0.3) is 10.4 Å². The molecule has 46 heavy (non-hydrogen) atoms. The molecule has 1 aliphatic heterocycles. The van der Waals surface area contributed by atoms with Gasteiger partial charge >= 0.3 is 6.09 Å². The van der Waals surface area contributed by atoms with E-state index in [4.69, 9.17) is 4.74 Å². The Balaban J connectivity index is 1.55. The molecule has 2 aromatic rings. The van der Waals surface area contributed by atoms with Crippen LogP contribution in [0, 0.1) is 12.3 Å². The lowest BCUT2D eigenvalue weighted by Gasteiger charge is -2.35. The molecule has 3 rings (SSSR count). The highest BCUT2D eigenvalue weighted by Crippen LogP contribution is 2.29. The van der Waals surface area contributed by atoms with Crippen LogP contribution in [0.3, 0.4) is 0 Å². The lowest BCUT2D eigenvalue weighted by molar-refractivity contribution is -0.144. The standard InChI is InChI=1S/C34H51N5O6S/c1-21(23-13-15-24(16-14-23)28-22(2)36-20-46-28)37-30(42)26-18-25(40)19-39(26)31(43)29(33(3,4)5)38-27(41)12-10-9-11-17-35-32(44)45-34(6,7)8/h13-16,20-21,25-26,29,40H,9-12,17-19H2,1-8H3,(H,35,44)(H,37,42)(H,38,41)/t21-,25+,26-,29?/m0/s1. The summed E-state index contributed by atoms with van der Waals surface area (Å²) in [7, 11) is 0. The normalized spacial score (nSPS) is 18.1. The number of aromatic nitrogens is 1. The van der Waals surface area contributed by atoms with E-state index in [2.05, 4.69) is 20.9 Å². The zero-order chi connectivity index (χ0) is 34.2. The summed E-state index contributed by atoms with van der Waals surface area (Å²) < 4.78 is 5.22. The monoisotopic (exact) mass is 657 g/mol. The number of carbonyl (C=O) groups is 4. The van der Waals surface area contributed by atoms with Crippen molar-refractivity contribution in [2.24, 2.45) is 5.41 Å². The first-order chi connectivity index (χ1) is 21.5. The number of benzene rings is 1. The number of ether oxygens (including phenoxy) is 1. The first-order valence-corrected chi connectivity index (χ1v) is 16.9. The van der Waals surface area contributed by atoms with Gasteiger partial charge in [0.25, 0.3) is 0 Å². The number of aliphatic hydroxyl groups is 1. The second kappa shape index (κ2) is 15.9. The third-order valence-corrected chi connectivity index (χ3v) is 8.79. The zero-order valence-corrected chi connectivity index (χ0v) is 29.3. The Labute approximate surface area is 276 Å². The largest absolute Gasteiger partial charge is 0.444 e. The predicted molar refractivity (Wildman–Crippen MR) is 179 cm³/mol. The second-order valence-electron chi connectivity index (χ2n) is 14.1. The maximum atomic E-state index is 13.9. The van der Waals surface area contributed by atoms with Crippen molar-refractivity contribution in [1.82, 2.24) is 25.8 Å². The van der Waals surface area contributed by atoms with Gasteiger partial charge in [-0.1, -0.05) is 51.5 Å². The van der Waals surface area contributed by atoms with Gasteiger partial charge in [0.2, 0.25) is 17.7 Å². The predicted octanol–water partition coefficient (Wildman–Crippen LogP) is 4.87. The van der Waals surface area contributed by atoms with Crippen molar-refractivity contribution in [2.45, 2.75) is 117 Å². The topological polar surface area (TPSA) is 150 Å². The number of hydrogen-bond acceptors (Lipinski definition) is 8. The first kappa shape index (κ1) is 37.0. The molecule has 0 spiro atoms. The Bertz CT molecular complexity index is 1350. The average Bonchev–Trinajstić information content (AvgIpc) is 3.57. The van der Waals surface area contributed by atoms with Crippen LogP contribution in [-0.2, 0) is 19.1 Å². The highest BCUT2D eigenvalue weighted by Gasteiger charge is 2.44. The maximum Gasteiger partial charge on any atom is 0.407 e. The summed E-state index contributed by atoms with van der Waals surface area (Å²) in [5.74, 6) is -1.01. The number of hydrogen-bond donors (Lipinski definition) is 4. The Hall–Kier alpha value is -3.51. The molecule has 1 aromatic carbocycles. The number of amides is 4. The number of rotatable bonds is 12. The molecular weight excluding hydrogens is 606 g/mol. The quantitative estimate of drug-likeness (QED) is 0.238. The number of likely N-dealkylation sites (tertiary alicyclic amines) is 1. The Morgan fingerprint density at radius 1 is 1.04 bits per heavy atom. The SMILES string of the molecule is Cc1ncsc1-c1ccc([C@H](C)NC(=O)[C@@H]2C[C@@H](O)CN2C(=O)C(NC(=O)CCCCCNC(=O)OC(C)(C)C)C(C)(C)C)cc1. The summed E-state index contributed by atoms with van der Waals surface area (Å²) in [6.07, 6.45) is 1.01. The van der Waals surface area contributed by atoms with Gasteiger partial charge in [0, 0.05) is 25.9 Å². The number of aryl methyl sites for hydroxylation is 1. The highest BCUT2D eigenvalue weighted by atomic mass is 32.1. The van der Waals surface area contributed by atoms with E-state index in [1.807, 2.05) is 64.4 Å². The highest BCUT2D eigenvalue weighted by molar-refractivity contribution is 7.13. The van der Waals surface area contributed by atoms with Gasteiger partial charge in [0.1, 0.15) is 17.7 Å². The Morgan fingerprint density at radius 2 is 1.72 bits per heavy atom. The molecule has 0 saturated carbocycles. The number of aliphatic hydroxyl groups excluding tert-OH is 1. The number of nitrogens with one attached hydrogen (secondary N) is 3. The smallest absolute Gasteiger partial charge is 0.407 e. The fourth-order valence-corrected chi connectivity index (χ4v) is 6.15. The van der Waals surface area contributed by atoms with Gasteiger partial charge in [0.05, 0.1) is 28.2 Å². The summed E-state index contributed by atoms with van der Waals surface area (Å²) in [6.45, 7) is 15.3. The maximum absolute atomic E-state index is 13.9. The van der Waals surface area contributed by atoms with Crippen LogP contribution in [0.4, 0.5) is 4.79 Å². The van der Waals surface area contributed by atoms with Crippen molar-refractivity contribution < 1.29 is 29.0 Å². The summed E-state index contributed by atoms with van der Waals surface area (Å²) in [4.78, 5) is 58.8. The number of nitrogens with zero attached hydrogens (tertiary/aromatic N) is 2. The zero-order valence-electron chi connectivity index (χ0n) is 28.4. The van der Waals surface area contributed by atoms with Crippen LogP contribution in [0.15, 0.2) is 29.8 Å². The minimum Gasteiger partial charge on any atom is -0.444 e. The van der Waals surface area contributed by atoms with Crippen molar-refractivity contribution in [3.63, 3.8) is 0 Å². The van der Waals surface area contributed by atoms with Crippen LogP contribution in [-0.4, -0.2) is 75.7 Å². The number of β-amino-alcohol motifs (C(OH)–C–C–N with tert-alkyl or cyclic N) is 1. The molecule has 2 heterocycles. The van der Waals surface area contributed by atoms with Gasteiger partial charge < -0.3 is 30.7 Å². The van der Waals surface area contributed by atoms with Crippen molar-refractivity contribution in [3.8, 4) is 10.4 Å². The number of thiazole rings is 1. The summed E-state index contributed by atoms with van der Waals surface area (Å²) >= 11 is 1.58. The molecule has 1 saturated heterocycles. The summed E-state index contributed by atoms with van der Waals surface area (Å²) in [5.41, 5.74) is 3.56. The molecule has 0 radical (unpaired) electrons. The minimum absolute atomic E-state index is 0.0152. The summed E-state index contributed by atoms with van der Waals surface area (Å²) in [5, 5.41) is 19.1. The van der Waals surface area contributed by atoms with Crippen molar-refractivity contribution in [1.29, 1.82) is 0 Å². The van der Waals surface area contributed by atoms with E-state index in [0.717, 1.165) is 21.7 Å². The van der Waals surface area contributed by atoms with Gasteiger partial charge in [-0.2, -0.15) is 0 Å². The fraction of sp³-hybridized carbons (Fsp3) is 0.618. The van der Waals surface area contributed by atoms with E-state index in [-0.39, 0.29) is 37.2 Å². The number of unbranched alkanes of at least 4 members (excludes halogenated alkanes) is 2. The van der Waals surface area contributed by atoms with Crippen molar-refractivity contribution >= 4 is 35.2 Å². The lowest BCUT2D eigenvalue weighted by atomic mass is 9.85. The Kier molecular flexibility index (Phi) is 12.7. The second-order valence-corrected chi connectivity index (χ2v) is 15.0. The molecule has 254 valence electrons. The molecule has 12 heteroatoms. The summed E-state index contributed by atoms with van der Waals surface area (Å²) in [6, 6.07) is 5.88.